The van der Waals surface area contributed by atoms with Gasteiger partial charge in [0.25, 0.3) is 5.91 Å². The molecule has 2 fully saturated rings. The van der Waals surface area contributed by atoms with Crippen LogP contribution in [0.15, 0.2) is 24.3 Å². The molecule has 4 amide bonds. The molecular formula is C18H21N3O5. The third-order valence-electron chi connectivity index (χ3n) is 4.70. The first kappa shape index (κ1) is 18.1. The molecule has 1 aromatic rings. The third-order valence-corrected chi connectivity index (χ3v) is 4.70. The summed E-state index contributed by atoms with van der Waals surface area (Å²) in [7, 11) is 1.44. The number of imide groups is 1. The number of piperidine rings is 1. The number of anilines is 1. The lowest BCUT2D eigenvalue weighted by Gasteiger charge is -2.32. The van der Waals surface area contributed by atoms with Crippen molar-refractivity contribution in [3.8, 4) is 0 Å². The van der Waals surface area contributed by atoms with Gasteiger partial charge in [0.2, 0.25) is 5.91 Å². The van der Waals surface area contributed by atoms with Crippen molar-refractivity contribution in [2.75, 3.05) is 25.2 Å². The van der Waals surface area contributed by atoms with Gasteiger partial charge >= 0.3 is 6.03 Å². The van der Waals surface area contributed by atoms with Gasteiger partial charge in [-0.05, 0) is 31.9 Å². The van der Waals surface area contributed by atoms with E-state index in [-0.39, 0.29) is 36.3 Å². The minimum Gasteiger partial charge on any atom is -0.375 e. The van der Waals surface area contributed by atoms with Crippen LogP contribution in [-0.4, -0.2) is 60.9 Å². The number of methoxy groups -OCH3 is 1. The van der Waals surface area contributed by atoms with Gasteiger partial charge < -0.3 is 15.0 Å². The SMILES string of the molecule is COCC(=O)N[C@H]1CCN2C(=O)N(c3cccc(C(C)=O)c3)C(=O)[C@H]2C1. The molecule has 0 bridgehead atoms. The van der Waals surface area contributed by atoms with E-state index in [1.807, 2.05) is 0 Å². The van der Waals surface area contributed by atoms with E-state index in [9.17, 15) is 19.2 Å². The van der Waals surface area contributed by atoms with Crippen LogP contribution < -0.4 is 10.2 Å². The highest BCUT2D eigenvalue weighted by molar-refractivity contribution is 6.21. The number of nitrogens with one attached hydrogen (secondary N) is 1. The number of hydrogen-bond donors (Lipinski definition) is 1. The van der Waals surface area contributed by atoms with E-state index >= 15 is 0 Å². The van der Waals surface area contributed by atoms with Gasteiger partial charge in [-0.15, -0.1) is 0 Å². The quantitative estimate of drug-likeness (QED) is 0.624. The van der Waals surface area contributed by atoms with Gasteiger partial charge in [0, 0.05) is 25.3 Å². The predicted molar refractivity (Wildman–Crippen MR) is 92.9 cm³/mol. The monoisotopic (exact) mass is 359 g/mol. The lowest BCUT2D eigenvalue weighted by Crippen LogP contribution is -2.50. The molecule has 2 atom stereocenters. The van der Waals surface area contributed by atoms with Crippen molar-refractivity contribution >= 4 is 29.3 Å². The fraction of sp³-hybridized carbons (Fsp3) is 0.444. The summed E-state index contributed by atoms with van der Waals surface area (Å²) in [6.45, 7) is 1.78. The predicted octanol–water partition coefficient (Wildman–Crippen LogP) is 0.951. The van der Waals surface area contributed by atoms with E-state index in [0.29, 0.717) is 30.6 Å². The van der Waals surface area contributed by atoms with Gasteiger partial charge in [0.15, 0.2) is 5.78 Å². The molecule has 1 aromatic carbocycles. The lowest BCUT2D eigenvalue weighted by molar-refractivity contribution is -0.127. The van der Waals surface area contributed by atoms with Crippen LogP contribution in [0.5, 0.6) is 0 Å². The number of ether oxygens (including phenoxy) is 1. The molecule has 2 aliphatic rings. The first-order valence-electron chi connectivity index (χ1n) is 8.46. The highest BCUT2D eigenvalue weighted by Gasteiger charge is 2.48. The molecule has 2 heterocycles. The normalized spacial score (nSPS) is 22.4. The van der Waals surface area contributed by atoms with Crippen LogP contribution >= 0.6 is 0 Å². The average Bonchev–Trinajstić information content (AvgIpc) is 2.86. The van der Waals surface area contributed by atoms with Crippen molar-refractivity contribution in [3.63, 3.8) is 0 Å². The fourth-order valence-electron chi connectivity index (χ4n) is 3.43. The van der Waals surface area contributed by atoms with Crippen molar-refractivity contribution in [2.45, 2.75) is 31.8 Å². The van der Waals surface area contributed by atoms with Gasteiger partial charge in [-0.3, -0.25) is 14.4 Å². The van der Waals surface area contributed by atoms with Gasteiger partial charge in [0.05, 0.1) is 5.69 Å². The number of rotatable bonds is 5. The molecule has 0 aliphatic carbocycles. The Morgan fingerprint density at radius 3 is 2.77 bits per heavy atom. The fourth-order valence-corrected chi connectivity index (χ4v) is 3.43. The maximum Gasteiger partial charge on any atom is 0.332 e. The molecule has 0 radical (unpaired) electrons. The molecule has 2 aliphatic heterocycles. The van der Waals surface area contributed by atoms with Crippen LogP contribution in [0.3, 0.4) is 0 Å². The zero-order valence-corrected chi connectivity index (χ0v) is 14.7. The number of benzene rings is 1. The minimum absolute atomic E-state index is 0.0400. The number of carbonyl (C=O) groups is 4. The molecule has 0 spiro atoms. The summed E-state index contributed by atoms with van der Waals surface area (Å²) >= 11 is 0. The molecule has 0 unspecified atom stereocenters. The van der Waals surface area contributed by atoms with Crippen LogP contribution in [0, 0.1) is 0 Å². The number of ketones is 1. The molecular weight excluding hydrogens is 338 g/mol. The molecule has 138 valence electrons. The summed E-state index contributed by atoms with van der Waals surface area (Å²) in [6.07, 6.45) is 0.940. The minimum atomic E-state index is -0.606. The Bertz CT molecular complexity index is 763. The maximum atomic E-state index is 12.8. The molecule has 0 saturated carbocycles. The van der Waals surface area contributed by atoms with Crippen molar-refractivity contribution in [3.05, 3.63) is 29.8 Å². The zero-order valence-electron chi connectivity index (χ0n) is 14.7. The van der Waals surface area contributed by atoms with Gasteiger partial charge in [-0.25, -0.2) is 9.69 Å². The topological polar surface area (TPSA) is 96.0 Å². The summed E-state index contributed by atoms with van der Waals surface area (Å²) in [6, 6.07) is 5.31. The lowest BCUT2D eigenvalue weighted by atomic mass is 9.98. The summed E-state index contributed by atoms with van der Waals surface area (Å²) in [4.78, 5) is 51.5. The second-order valence-corrected chi connectivity index (χ2v) is 6.49. The Kier molecular flexibility index (Phi) is 5.03. The molecule has 26 heavy (non-hydrogen) atoms. The Hall–Kier alpha value is -2.74. The second kappa shape index (κ2) is 7.25. The van der Waals surface area contributed by atoms with Crippen LogP contribution in [0.1, 0.15) is 30.1 Å². The molecule has 2 saturated heterocycles. The molecule has 8 nitrogen and oxygen atoms in total. The van der Waals surface area contributed by atoms with Crippen molar-refractivity contribution in [1.82, 2.24) is 10.2 Å². The highest BCUT2D eigenvalue weighted by atomic mass is 16.5. The number of fused-ring (bicyclic) bond motifs is 1. The number of amides is 4. The van der Waals surface area contributed by atoms with E-state index in [4.69, 9.17) is 4.74 Å². The van der Waals surface area contributed by atoms with Gasteiger partial charge in [-0.2, -0.15) is 0 Å². The van der Waals surface area contributed by atoms with E-state index in [1.54, 1.807) is 24.3 Å². The van der Waals surface area contributed by atoms with Crippen LogP contribution in [-0.2, 0) is 14.3 Å². The summed E-state index contributed by atoms with van der Waals surface area (Å²) < 4.78 is 4.80. The molecule has 1 N–H and O–H groups in total. The molecule has 8 heteroatoms. The van der Waals surface area contributed by atoms with Crippen LogP contribution in [0.25, 0.3) is 0 Å². The Morgan fingerprint density at radius 1 is 1.31 bits per heavy atom. The van der Waals surface area contributed by atoms with Crippen molar-refractivity contribution in [1.29, 1.82) is 0 Å². The smallest absolute Gasteiger partial charge is 0.332 e. The van der Waals surface area contributed by atoms with E-state index < -0.39 is 6.04 Å². The first-order chi connectivity index (χ1) is 12.4. The molecule has 3 rings (SSSR count). The number of hydrogen-bond acceptors (Lipinski definition) is 5. The number of carbonyl (C=O) groups excluding carboxylic acids is 4. The van der Waals surface area contributed by atoms with Gasteiger partial charge in [-0.1, -0.05) is 12.1 Å². The number of urea groups is 1. The van der Waals surface area contributed by atoms with Crippen LogP contribution in [0.2, 0.25) is 0 Å². The van der Waals surface area contributed by atoms with Crippen molar-refractivity contribution < 1.29 is 23.9 Å². The van der Waals surface area contributed by atoms with Crippen LogP contribution in [0.4, 0.5) is 10.5 Å². The zero-order chi connectivity index (χ0) is 18.8. The second-order valence-electron chi connectivity index (χ2n) is 6.49. The number of Topliss-reactive ketones (excluding diaryl/α,β-unsaturated/α-hetero) is 1. The standard InChI is InChI=1S/C18H21N3O5/c1-11(22)12-4-3-5-14(8-12)21-17(24)15-9-13(19-16(23)10-26-2)6-7-20(15)18(21)25/h3-5,8,13,15H,6-7,9-10H2,1-2H3,(H,19,23)/t13-,15+/m0/s1. The van der Waals surface area contributed by atoms with Gasteiger partial charge in [0.1, 0.15) is 12.6 Å². The largest absolute Gasteiger partial charge is 0.375 e. The molecule has 0 aromatic heterocycles. The maximum absolute atomic E-state index is 12.8. The number of nitrogens with zero attached hydrogens (tertiary/aromatic N) is 2. The van der Waals surface area contributed by atoms with E-state index in [0.717, 1.165) is 4.90 Å². The van der Waals surface area contributed by atoms with Crippen molar-refractivity contribution in [2.24, 2.45) is 0 Å². The Morgan fingerprint density at radius 2 is 2.08 bits per heavy atom. The summed E-state index contributed by atoms with van der Waals surface area (Å²) in [5.41, 5.74) is 0.833. The Balaban J connectivity index is 1.78. The summed E-state index contributed by atoms with van der Waals surface area (Å²) in [5.74, 6) is -0.709. The van der Waals surface area contributed by atoms with E-state index in [1.165, 1.54) is 18.9 Å². The highest BCUT2D eigenvalue weighted by Crippen LogP contribution is 2.31. The first-order valence-corrected chi connectivity index (χ1v) is 8.46. The summed E-state index contributed by atoms with van der Waals surface area (Å²) in [5, 5.41) is 2.83. The average molecular weight is 359 g/mol. The Labute approximate surface area is 151 Å². The third kappa shape index (κ3) is 3.32. The van der Waals surface area contributed by atoms with E-state index in [2.05, 4.69) is 5.32 Å².